The van der Waals surface area contributed by atoms with Crippen LogP contribution in [0.4, 0.5) is 5.82 Å². The first-order valence-electron chi connectivity index (χ1n) is 11.6. The molecule has 1 aromatic carbocycles. The van der Waals surface area contributed by atoms with Gasteiger partial charge in [0.05, 0.1) is 12.7 Å². The van der Waals surface area contributed by atoms with E-state index in [0.717, 1.165) is 23.4 Å². The third-order valence-corrected chi connectivity index (χ3v) is 6.39. The van der Waals surface area contributed by atoms with Gasteiger partial charge in [0.1, 0.15) is 17.4 Å². The maximum atomic E-state index is 10.9. The van der Waals surface area contributed by atoms with Crippen LogP contribution in [-0.2, 0) is 11.3 Å². The van der Waals surface area contributed by atoms with Gasteiger partial charge in [-0.3, -0.25) is 4.79 Å². The van der Waals surface area contributed by atoms with E-state index >= 15 is 0 Å². The van der Waals surface area contributed by atoms with Gasteiger partial charge in [-0.25, -0.2) is 14.6 Å². The van der Waals surface area contributed by atoms with Crippen molar-refractivity contribution in [2.45, 2.75) is 32.7 Å². The normalized spacial score (nSPS) is 16.0. The standard InChI is InChI=1S/C19H18ClN7O.C5H11N/c1-13-8-15(20)3-2-14(13)11-27-19-18(16(9-21)24-27)22-10-17(23-19)26-6-4-25(12-28)5-7-26;1-2-4-6-5-3-1/h2-3,8,10,12H,4-7,11H2,1H3;6H,1-5H2. The number of hydrogen-bond donors (Lipinski definition) is 1. The maximum absolute atomic E-state index is 10.9. The van der Waals surface area contributed by atoms with Crippen molar-refractivity contribution in [1.82, 2.24) is 30.0 Å². The van der Waals surface area contributed by atoms with Crippen molar-refractivity contribution in [3.05, 3.63) is 46.2 Å². The van der Waals surface area contributed by atoms with Crippen molar-refractivity contribution < 1.29 is 4.79 Å². The molecular formula is C24H29ClN8O. The van der Waals surface area contributed by atoms with Gasteiger partial charge in [-0.1, -0.05) is 24.1 Å². The number of aryl methyl sites for hydroxylation is 1. The molecule has 0 spiro atoms. The molecule has 0 saturated carbocycles. The minimum Gasteiger partial charge on any atom is -0.352 e. The molecule has 0 bridgehead atoms. The molecule has 1 N–H and O–H groups in total. The third kappa shape index (κ3) is 5.64. The largest absolute Gasteiger partial charge is 0.352 e. The summed E-state index contributed by atoms with van der Waals surface area (Å²) in [7, 11) is 0. The lowest BCUT2D eigenvalue weighted by Crippen LogP contribution is -2.46. The smallest absolute Gasteiger partial charge is 0.209 e. The van der Waals surface area contributed by atoms with Gasteiger partial charge in [0.2, 0.25) is 6.41 Å². The molecule has 3 aromatic rings. The van der Waals surface area contributed by atoms with E-state index < -0.39 is 0 Å². The summed E-state index contributed by atoms with van der Waals surface area (Å²) in [6, 6.07) is 7.79. The monoisotopic (exact) mass is 480 g/mol. The van der Waals surface area contributed by atoms with Crippen LogP contribution < -0.4 is 10.2 Å². The fraction of sp³-hybridized carbons (Fsp3) is 0.458. The summed E-state index contributed by atoms with van der Waals surface area (Å²) in [4.78, 5) is 23.9. The lowest BCUT2D eigenvalue weighted by Gasteiger charge is -2.33. The number of aromatic nitrogens is 4. The molecule has 2 aromatic heterocycles. The molecule has 10 heteroatoms. The molecule has 34 heavy (non-hydrogen) atoms. The fourth-order valence-corrected chi connectivity index (χ4v) is 4.35. The molecule has 9 nitrogen and oxygen atoms in total. The molecule has 2 saturated heterocycles. The summed E-state index contributed by atoms with van der Waals surface area (Å²) < 4.78 is 1.71. The number of piperidine rings is 1. The fourth-order valence-electron chi connectivity index (χ4n) is 4.13. The van der Waals surface area contributed by atoms with Crippen LogP contribution in [0.3, 0.4) is 0 Å². The van der Waals surface area contributed by atoms with Gasteiger partial charge in [-0.15, -0.1) is 0 Å². The first-order chi connectivity index (χ1) is 16.6. The van der Waals surface area contributed by atoms with Crippen LogP contribution in [0.25, 0.3) is 11.2 Å². The highest BCUT2D eigenvalue weighted by atomic mass is 35.5. The van der Waals surface area contributed by atoms with E-state index in [1.165, 1.54) is 32.4 Å². The summed E-state index contributed by atoms with van der Waals surface area (Å²) in [5.41, 5.74) is 3.41. The average Bonchev–Trinajstić information content (AvgIpc) is 3.24. The predicted octanol–water partition coefficient (Wildman–Crippen LogP) is 2.75. The second kappa shape index (κ2) is 11.3. The van der Waals surface area contributed by atoms with E-state index in [9.17, 15) is 10.1 Å². The molecule has 2 aliphatic rings. The zero-order chi connectivity index (χ0) is 23.9. The summed E-state index contributed by atoms with van der Waals surface area (Å²) in [6.07, 6.45) is 6.75. The molecule has 0 atom stereocenters. The molecule has 2 aliphatic heterocycles. The zero-order valence-corrected chi connectivity index (χ0v) is 20.1. The first-order valence-corrected chi connectivity index (χ1v) is 12.0. The number of benzene rings is 1. The first kappa shape index (κ1) is 23.9. The van der Waals surface area contributed by atoms with Gasteiger partial charge >= 0.3 is 0 Å². The molecular weight excluding hydrogens is 452 g/mol. The number of amides is 1. The Morgan fingerprint density at radius 1 is 1.18 bits per heavy atom. The number of carbonyl (C=O) groups excluding carboxylic acids is 1. The second-order valence-electron chi connectivity index (χ2n) is 8.53. The van der Waals surface area contributed by atoms with Crippen LogP contribution in [0.2, 0.25) is 5.02 Å². The van der Waals surface area contributed by atoms with Gasteiger partial charge in [-0.05, 0) is 56.1 Å². The molecule has 178 valence electrons. The average molecular weight is 481 g/mol. The summed E-state index contributed by atoms with van der Waals surface area (Å²) in [6.45, 7) is 7.63. The van der Waals surface area contributed by atoms with E-state index in [1.807, 2.05) is 25.1 Å². The van der Waals surface area contributed by atoms with Crippen LogP contribution in [0, 0.1) is 18.3 Å². The highest BCUT2D eigenvalue weighted by Gasteiger charge is 2.20. The summed E-state index contributed by atoms with van der Waals surface area (Å²) in [5.74, 6) is 0.719. The number of rotatable bonds is 4. The molecule has 2 fully saturated rings. The van der Waals surface area contributed by atoms with E-state index in [4.69, 9.17) is 16.6 Å². The molecule has 5 rings (SSSR count). The van der Waals surface area contributed by atoms with Crippen molar-refractivity contribution in [3.8, 4) is 6.07 Å². The van der Waals surface area contributed by atoms with Gasteiger partial charge in [0, 0.05) is 31.2 Å². The molecule has 0 radical (unpaired) electrons. The minimum atomic E-state index is 0.256. The van der Waals surface area contributed by atoms with E-state index in [2.05, 4.69) is 26.4 Å². The number of nitriles is 1. The quantitative estimate of drug-likeness (QED) is 0.572. The molecule has 4 heterocycles. The SMILES string of the molecule is C1CCNCC1.Cc1cc(Cl)ccc1Cn1nc(C#N)c2ncc(N3CCN(C=O)CC3)nc21. The van der Waals surface area contributed by atoms with Gasteiger partial charge in [0.15, 0.2) is 11.3 Å². The Morgan fingerprint density at radius 3 is 2.53 bits per heavy atom. The number of nitrogens with one attached hydrogen (secondary N) is 1. The van der Waals surface area contributed by atoms with E-state index in [1.54, 1.807) is 15.8 Å². The van der Waals surface area contributed by atoms with Crippen molar-refractivity contribution in [2.24, 2.45) is 0 Å². The van der Waals surface area contributed by atoms with Crippen LogP contribution >= 0.6 is 11.6 Å². The number of halogens is 1. The minimum absolute atomic E-state index is 0.256. The number of hydrogen-bond acceptors (Lipinski definition) is 7. The van der Waals surface area contributed by atoms with Crippen LogP contribution in [-0.4, -0.2) is 70.3 Å². The van der Waals surface area contributed by atoms with E-state index in [0.29, 0.717) is 48.9 Å². The Kier molecular flexibility index (Phi) is 7.93. The number of nitrogens with zero attached hydrogens (tertiary/aromatic N) is 7. The number of carbonyl (C=O) groups is 1. The van der Waals surface area contributed by atoms with Gasteiger partial charge in [0.25, 0.3) is 0 Å². The topological polar surface area (TPSA) is 103 Å². The Balaban J connectivity index is 0.000000398. The lowest BCUT2D eigenvalue weighted by molar-refractivity contribution is -0.118. The van der Waals surface area contributed by atoms with Gasteiger partial charge < -0.3 is 15.1 Å². The summed E-state index contributed by atoms with van der Waals surface area (Å²) in [5, 5.41) is 17.8. The van der Waals surface area contributed by atoms with Crippen molar-refractivity contribution in [2.75, 3.05) is 44.2 Å². The Hall–Kier alpha value is -3.22. The Labute approximate surface area is 204 Å². The van der Waals surface area contributed by atoms with Crippen LogP contribution in [0.15, 0.2) is 24.4 Å². The predicted molar refractivity (Wildman–Crippen MR) is 132 cm³/mol. The molecule has 0 aliphatic carbocycles. The second-order valence-corrected chi connectivity index (χ2v) is 8.96. The van der Waals surface area contributed by atoms with Crippen LogP contribution in [0.5, 0.6) is 0 Å². The van der Waals surface area contributed by atoms with E-state index in [-0.39, 0.29) is 5.69 Å². The zero-order valence-electron chi connectivity index (χ0n) is 19.4. The molecule has 0 unspecified atom stereocenters. The Bertz CT molecular complexity index is 1160. The maximum Gasteiger partial charge on any atom is 0.209 e. The number of anilines is 1. The van der Waals surface area contributed by atoms with Crippen molar-refractivity contribution in [1.29, 1.82) is 5.26 Å². The molecule has 1 amide bonds. The van der Waals surface area contributed by atoms with Crippen molar-refractivity contribution >= 4 is 35.0 Å². The number of fused-ring (bicyclic) bond motifs is 1. The highest BCUT2D eigenvalue weighted by molar-refractivity contribution is 6.30. The number of piperazine rings is 1. The third-order valence-electron chi connectivity index (χ3n) is 6.16. The highest BCUT2D eigenvalue weighted by Crippen LogP contribution is 2.22. The van der Waals surface area contributed by atoms with Crippen LogP contribution in [0.1, 0.15) is 36.1 Å². The van der Waals surface area contributed by atoms with Gasteiger partial charge in [-0.2, -0.15) is 10.4 Å². The summed E-state index contributed by atoms with van der Waals surface area (Å²) >= 11 is 6.05. The lowest BCUT2D eigenvalue weighted by atomic mass is 10.1. The van der Waals surface area contributed by atoms with Crippen molar-refractivity contribution in [3.63, 3.8) is 0 Å². The Morgan fingerprint density at radius 2 is 1.94 bits per heavy atom.